The highest BCUT2D eigenvalue weighted by atomic mass is 16.5. The number of benzene rings is 1. The summed E-state index contributed by atoms with van der Waals surface area (Å²) in [5.41, 5.74) is 8.01. The fourth-order valence-electron chi connectivity index (χ4n) is 2.90. The molecule has 5 heteroatoms. The number of rotatable bonds is 4. The van der Waals surface area contributed by atoms with Crippen LogP contribution in [0.25, 0.3) is 0 Å². The molecule has 1 amide bonds. The molecule has 0 aromatic heterocycles. The van der Waals surface area contributed by atoms with Gasteiger partial charge < -0.3 is 20.5 Å². The smallest absolute Gasteiger partial charge is 0.262 e. The van der Waals surface area contributed by atoms with E-state index in [1.54, 1.807) is 0 Å². The van der Waals surface area contributed by atoms with Crippen LogP contribution >= 0.6 is 0 Å². The second kappa shape index (κ2) is 6.45. The number of ether oxygens (including phenoxy) is 2. The minimum absolute atomic E-state index is 0.0420. The number of anilines is 1. The molecule has 3 N–H and O–H groups in total. The van der Waals surface area contributed by atoms with Crippen molar-refractivity contribution in [3.05, 3.63) is 23.8 Å². The van der Waals surface area contributed by atoms with Gasteiger partial charge in [0.05, 0.1) is 11.8 Å². The van der Waals surface area contributed by atoms with Gasteiger partial charge in [0, 0.05) is 12.6 Å². The molecule has 2 atom stereocenters. The highest BCUT2D eigenvalue weighted by Gasteiger charge is 2.19. The van der Waals surface area contributed by atoms with Crippen molar-refractivity contribution in [3.63, 3.8) is 0 Å². The van der Waals surface area contributed by atoms with Crippen molar-refractivity contribution in [2.75, 3.05) is 18.5 Å². The first-order chi connectivity index (χ1) is 10.2. The number of carbonyl (C=O) groups is 1. The topological polar surface area (TPSA) is 73.6 Å². The lowest BCUT2D eigenvalue weighted by atomic mass is 9.97. The van der Waals surface area contributed by atoms with E-state index in [9.17, 15) is 4.79 Å². The third-order valence-corrected chi connectivity index (χ3v) is 4.14. The van der Waals surface area contributed by atoms with Gasteiger partial charge >= 0.3 is 0 Å². The fourth-order valence-corrected chi connectivity index (χ4v) is 2.90. The van der Waals surface area contributed by atoms with E-state index in [4.69, 9.17) is 15.2 Å². The summed E-state index contributed by atoms with van der Waals surface area (Å²) in [6.45, 7) is 0.958. The number of amides is 1. The van der Waals surface area contributed by atoms with Crippen LogP contribution in [0, 0.1) is 0 Å². The third kappa shape index (κ3) is 3.54. The largest absolute Gasteiger partial charge is 0.482 e. The first-order valence-electron chi connectivity index (χ1n) is 7.66. The Morgan fingerprint density at radius 3 is 3.10 bits per heavy atom. The number of carbonyl (C=O) groups excluding carboxylic acids is 1. The molecule has 3 rings (SSSR count). The van der Waals surface area contributed by atoms with Crippen LogP contribution in [0.4, 0.5) is 5.69 Å². The molecule has 21 heavy (non-hydrogen) atoms. The summed E-state index contributed by atoms with van der Waals surface area (Å²) in [4.78, 5) is 11.4. The van der Waals surface area contributed by atoms with Crippen molar-refractivity contribution in [1.82, 2.24) is 0 Å². The molecule has 0 radical (unpaired) electrons. The molecule has 1 aromatic rings. The highest BCUT2D eigenvalue weighted by molar-refractivity contribution is 5.95. The number of nitrogens with one attached hydrogen (secondary N) is 1. The van der Waals surface area contributed by atoms with E-state index >= 15 is 0 Å². The zero-order valence-corrected chi connectivity index (χ0v) is 12.1. The average molecular weight is 290 g/mol. The van der Waals surface area contributed by atoms with Crippen molar-refractivity contribution < 1.29 is 14.3 Å². The number of nitrogens with two attached hydrogens (primary N) is 1. The molecule has 2 aliphatic heterocycles. The zero-order valence-electron chi connectivity index (χ0n) is 12.1. The van der Waals surface area contributed by atoms with E-state index in [0.29, 0.717) is 17.5 Å². The van der Waals surface area contributed by atoms with E-state index in [1.807, 2.05) is 18.2 Å². The highest BCUT2D eigenvalue weighted by Crippen LogP contribution is 2.31. The Morgan fingerprint density at radius 2 is 2.29 bits per heavy atom. The van der Waals surface area contributed by atoms with Crippen LogP contribution in [-0.4, -0.2) is 25.2 Å². The second-order valence-electron chi connectivity index (χ2n) is 5.76. The zero-order chi connectivity index (χ0) is 14.7. The van der Waals surface area contributed by atoms with Crippen molar-refractivity contribution >= 4 is 11.6 Å². The molecule has 5 nitrogen and oxygen atoms in total. The summed E-state index contributed by atoms with van der Waals surface area (Å²) in [5.74, 6) is 0.588. The van der Waals surface area contributed by atoms with E-state index in [2.05, 4.69) is 5.32 Å². The van der Waals surface area contributed by atoms with Gasteiger partial charge in [0.15, 0.2) is 6.61 Å². The molecular formula is C16H22N2O3. The van der Waals surface area contributed by atoms with Crippen molar-refractivity contribution in [3.8, 4) is 5.75 Å². The number of hydrogen-bond donors (Lipinski definition) is 2. The van der Waals surface area contributed by atoms with Gasteiger partial charge in [-0.25, -0.2) is 0 Å². The maximum Gasteiger partial charge on any atom is 0.262 e. The maximum atomic E-state index is 11.4. The minimum Gasteiger partial charge on any atom is -0.482 e. The second-order valence-corrected chi connectivity index (χ2v) is 5.76. The van der Waals surface area contributed by atoms with Crippen LogP contribution in [0.1, 0.15) is 43.7 Å². The Bertz CT molecular complexity index is 512. The third-order valence-electron chi connectivity index (χ3n) is 4.14. The summed E-state index contributed by atoms with van der Waals surface area (Å²) in [6.07, 6.45) is 5.79. The Hall–Kier alpha value is -1.59. The molecule has 2 unspecified atom stereocenters. The lowest BCUT2D eigenvalue weighted by Gasteiger charge is -2.24. The van der Waals surface area contributed by atoms with Gasteiger partial charge in [-0.1, -0.05) is 6.07 Å². The molecule has 1 saturated heterocycles. The van der Waals surface area contributed by atoms with Crippen LogP contribution in [0.2, 0.25) is 0 Å². The molecular weight excluding hydrogens is 268 g/mol. The monoisotopic (exact) mass is 290 g/mol. The Kier molecular flexibility index (Phi) is 4.41. The number of hydrogen-bond acceptors (Lipinski definition) is 4. The SMILES string of the molecule is NC(CCC1CCCCO1)c1ccc2c(c1)NC(=O)CO2. The summed E-state index contributed by atoms with van der Waals surface area (Å²) in [6, 6.07) is 5.72. The van der Waals surface area contributed by atoms with Crippen molar-refractivity contribution in [1.29, 1.82) is 0 Å². The molecule has 114 valence electrons. The first-order valence-corrected chi connectivity index (χ1v) is 7.66. The van der Waals surface area contributed by atoms with Gasteiger partial charge in [-0.05, 0) is 49.8 Å². The quantitative estimate of drug-likeness (QED) is 0.893. The van der Waals surface area contributed by atoms with Crippen LogP contribution in [0.3, 0.4) is 0 Å². The molecule has 1 fully saturated rings. The summed E-state index contributed by atoms with van der Waals surface area (Å²) in [5, 5.41) is 2.82. The van der Waals surface area contributed by atoms with Crippen LogP contribution in [-0.2, 0) is 9.53 Å². The molecule has 2 aliphatic rings. The lowest BCUT2D eigenvalue weighted by Crippen LogP contribution is -2.26. The van der Waals surface area contributed by atoms with Gasteiger partial charge in [-0.3, -0.25) is 4.79 Å². The first kappa shape index (κ1) is 14.4. The van der Waals surface area contributed by atoms with E-state index in [-0.39, 0.29) is 18.6 Å². The van der Waals surface area contributed by atoms with Gasteiger partial charge in [-0.2, -0.15) is 0 Å². The minimum atomic E-state index is -0.121. The van der Waals surface area contributed by atoms with Gasteiger partial charge in [-0.15, -0.1) is 0 Å². The molecule has 2 heterocycles. The van der Waals surface area contributed by atoms with Gasteiger partial charge in [0.1, 0.15) is 5.75 Å². The van der Waals surface area contributed by atoms with Crippen LogP contribution in [0.15, 0.2) is 18.2 Å². The molecule has 0 bridgehead atoms. The molecule has 0 spiro atoms. The molecule has 0 aliphatic carbocycles. The van der Waals surface area contributed by atoms with E-state index < -0.39 is 0 Å². The normalized spacial score (nSPS) is 22.9. The summed E-state index contributed by atoms with van der Waals surface area (Å²) >= 11 is 0. The summed E-state index contributed by atoms with van der Waals surface area (Å²) in [7, 11) is 0. The molecule has 0 saturated carbocycles. The average Bonchev–Trinajstić information content (AvgIpc) is 2.53. The standard InChI is InChI=1S/C16H22N2O3/c17-13(6-5-12-3-1-2-8-20-12)11-4-7-15-14(9-11)18-16(19)10-21-15/h4,7,9,12-13H,1-3,5-6,8,10,17H2,(H,18,19). The van der Waals surface area contributed by atoms with Crippen molar-refractivity contribution in [2.45, 2.75) is 44.2 Å². The summed E-state index contributed by atoms with van der Waals surface area (Å²) < 4.78 is 11.1. The van der Waals surface area contributed by atoms with E-state index in [1.165, 1.54) is 12.8 Å². The predicted octanol–water partition coefficient (Wildman–Crippen LogP) is 2.37. The van der Waals surface area contributed by atoms with Gasteiger partial charge in [0.2, 0.25) is 0 Å². The molecule has 1 aromatic carbocycles. The van der Waals surface area contributed by atoms with Crippen molar-refractivity contribution in [2.24, 2.45) is 5.73 Å². The maximum absolute atomic E-state index is 11.4. The van der Waals surface area contributed by atoms with Gasteiger partial charge in [0.25, 0.3) is 5.91 Å². The van der Waals surface area contributed by atoms with E-state index in [0.717, 1.165) is 31.4 Å². The predicted molar refractivity (Wildman–Crippen MR) is 80.3 cm³/mol. The van der Waals surface area contributed by atoms with Crippen LogP contribution in [0.5, 0.6) is 5.75 Å². The number of fused-ring (bicyclic) bond motifs is 1. The Morgan fingerprint density at radius 1 is 1.38 bits per heavy atom. The lowest BCUT2D eigenvalue weighted by molar-refractivity contribution is -0.118. The van der Waals surface area contributed by atoms with Crippen LogP contribution < -0.4 is 15.8 Å². The Labute approximate surface area is 124 Å². The fraction of sp³-hybridized carbons (Fsp3) is 0.562. The Balaban J connectivity index is 1.60.